The van der Waals surface area contributed by atoms with Crippen LogP contribution >= 0.6 is 0 Å². The Bertz CT molecular complexity index is 554. The van der Waals surface area contributed by atoms with Crippen LogP contribution in [0.1, 0.15) is 25.3 Å². The molecule has 0 saturated carbocycles. The molecule has 2 rings (SSSR count). The molecular weight excluding hydrogens is 250 g/mol. The van der Waals surface area contributed by atoms with E-state index in [9.17, 15) is 9.90 Å². The van der Waals surface area contributed by atoms with E-state index in [1.165, 1.54) is 0 Å². The number of carboxylic acids is 1. The fourth-order valence-electron chi connectivity index (χ4n) is 2.43. The topological polar surface area (TPSA) is 49.3 Å². The molecule has 2 aromatic carbocycles. The number of anilines is 1. The molecule has 3 nitrogen and oxygen atoms in total. The van der Waals surface area contributed by atoms with Crippen LogP contribution in [0.2, 0.25) is 0 Å². The van der Waals surface area contributed by atoms with Gasteiger partial charge in [0, 0.05) is 5.69 Å². The minimum atomic E-state index is -1.09. The minimum absolute atomic E-state index is 0.529. The first-order valence-corrected chi connectivity index (χ1v) is 6.81. The highest BCUT2D eigenvalue weighted by Gasteiger charge is 2.39. The van der Waals surface area contributed by atoms with Gasteiger partial charge in [-0.15, -0.1) is 0 Å². The molecule has 3 heteroatoms. The molecule has 0 fully saturated rings. The highest BCUT2D eigenvalue weighted by Crippen LogP contribution is 2.31. The van der Waals surface area contributed by atoms with Gasteiger partial charge in [0.1, 0.15) is 0 Å². The Hall–Kier alpha value is -2.29. The first kappa shape index (κ1) is 14.1. The molecular formula is C17H19NO2. The summed E-state index contributed by atoms with van der Waals surface area (Å²) in [6.45, 7) is 1.99. The van der Waals surface area contributed by atoms with Gasteiger partial charge < -0.3 is 10.4 Å². The molecule has 20 heavy (non-hydrogen) atoms. The highest BCUT2D eigenvalue weighted by atomic mass is 16.4. The van der Waals surface area contributed by atoms with Crippen LogP contribution < -0.4 is 5.32 Å². The average Bonchev–Trinajstić information content (AvgIpc) is 2.48. The van der Waals surface area contributed by atoms with Crippen LogP contribution in [-0.2, 0) is 10.3 Å². The van der Waals surface area contributed by atoms with E-state index in [1.807, 2.05) is 67.6 Å². The zero-order valence-electron chi connectivity index (χ0n) is 11.5. The second-order valence-electron chi connectivity index (χ2n) is 4.82. The third kappa shape index (κ3) is 2.82. The van der Waals surface area contributed by atoms with Gasteiger partial charge in [-0.1, -0.05) is 61.9 Å². The zero-order valence-corrected chi connectivity index (χ0v) is 11.5. The van der Waals surface area contributed by atoms with Gasteiger partial charge in [0.2, 0.25) is 0 Å². The molecule has 0 spiro atoms. The van der Waals surface area contributed by atoms with Crippen LogP contribution in [0.3, 0.4) is 0 Å². The smallest absolute Gasteiger partial charge is 0.334 e. The van der Waals surface area contributed by atoms with Gasteiger partial charge in [-0.2, -0.15) is 0 Å². The molecule has 1 atom stereocenters. The Kier molecular flexibility index (Phi) is 4.41. The number of rotatable bonds is 6. The fraction of sp³-hybridized carbons (Fsp3) is 0.235. The van der Waals surface area contributed by atoms with Crippen molar-refractivity contribution < 1.29 is 9.90 Å². The lowest BCUT2D eigenvalue weighted by atomic mass is 9.85. The maximum absolute atomic E-state index is 12.0. The summed E-state index contributed by atoms with van der Waals surface area (Å²) in [5.41, 5.74) is 0.502. The molecule has 104 valence electrons. The molecule has 0 radical (unpaired) electrons. The van der Waals surface area contributed by atoms with Gasteiger partial charge >= 0.3 is 5.97 Å². The van der Waals surface area contributed by atoms with Crippen molar-refractivity contribution in [2.75, 3.05) is 5.32 Å². The molecule has 0 saturated heterocycles. The SMILES string of the molecule is CCCC(Nc1ccccc1)(C(=O)O)c1ccccc1. The van der Waals surface area contributed by atoms with E-state index in [4.69, 9.17) is 0 Å². The molecule has 0 aliphatic carbocycles. The van der Waals surface area contributed by atoms with E-state index in [0.29, 0.717) is 6.42 Å². The average molecular weight is 269 g/mol. The Labute approximate surface area is 119 Å². The number of aliphatic carboxylic acids is 1. The van der Waals surface area contributed by atoms with Gasteiger partial charge in [0.15, 0.2) is 5.54 Å². The van der Waals surface area contributed by atoms with Gasteiger partial charge in [-0.05, 0) is 24.1 Å². The zero-order chi connectivity index (χ0) is 14.4. The molecule has 0 amide bonds. The number of benzene rings is 2. The number of para-hydroxylation sites is 1. The summed E-state index contributed by atoms with van der Waals surface area (Å²) < 4.78 is 0. The summed E-state index contributed by atoms with van der Waals surface area (Å²) in [6, 6.07) is 18.8. The predicted octanol–water partition coefficient (Wildman–Crippen LogP) is 3.88. The Morgan fingerprint density at radius 3 is 2.10 bits per heavy atom. The van der Waals surface area contributed by atoms with Crippen molar-refractivity contribution in [1.29, 1.82) is 0 Å². The highest BCUT2D eigenvalue weighted by molar-refractivity contribution is 5.84. The summed E-state index contributed by atoms with van der Waals surface area (Å²) in [5, 5.41) is 13.0. The first-order chi connectivity index (χ1) is 9.69. The fourth-order valence-corrected chi connectivity index (χ4v) is 2.43. The van der Waals surface area contributed by atoms with Crippen molar-refractivity contribution in [3.8, 4) is 0 Å². The largest absolute Gasteiger partial charge is 0.479 e. The second kappa shape index (κ2) is 6.24. The van der Waals surface area contributed by atoms with E-state index in [0.717, 1.165) is 17.7 Å². The molecule has 0 aliphatic heterocycles. The molecule has 2 N–H and O–H groups in total. The van der Waals surface area contributed by atoms with Crippen LogP contribution in [-0.4, -0.2) is 11.1 Å². The van der Waals surface area contributed by atoms with E-state index >= 15 is 0 Å². The molecule has 0 aliphatic rings. The van der Waals surface area contributed by atoms with Gasteiger partial charge in [-0.3, -0.25) is 0 Å². The van der Waals surface area contributed by atoms with Crippen molar-refractivity contribution in [3.63, 3.8) is 0 Å². The maximum Gasteiger partial charge on any atom is 0.334 e. The predicted molar refractivity (Wildman–Crippen MR) is 80.7 cm³/mol. The standard InChI is InChI=1S/C17H19NO2/c1-2-13-17(16(19)20,14-9-5-3-6-10-14)18-15-11-7-4-8-12-15/h3-12,18H,2,13H2,1H3,(H,19,20). The van der Waals surface area contributed by atoms with Crippen LogP contribution in [0.25, 0.3) is 0 Å². The van der Waals surface area contributed by atoms with Crippen LogP contribution in [0, 0.1) is 0 Å². The van der Waals surface area contributed by atoms with E-state index in [2.05, 4.69) is 5.32 Å². The summed E-state index contributed by atoms with van der Waals surface area (Å²) in [7, 11) is 0. The Balaban J connectivity index is 2.45. The number of hydrogen-bond acceptors (Lipinski definition) is 2. The van der Waals surface area contributed by atoms with E-state index in [1.54, 1.807) is 0 Å². The maximum atomic E-state index is 12.0. The monoisotopic (exact) mass is 269 g/mol. The summed E-state index contributed by atoms with van der Waals surface area (Å²) in [5.74, 6) is -0.852. The summed E-state index contributed by atoms with van der Waals surface area (Å²) in [4.78, 5) is 12.0. The normalized spacial score (nSPS) is 13.4. The molecule has 0 aromatic heterocycles. The number of nitrogens with one attached hydrogen (secondary N) is 1. The molecule has 0 heterocycles. The van der Waals surface area contributed by atoms with Crippen molar-refractivity contribution in [2.45, 2.75) is 25.3 Å². The lowest BCUT2D eigenvalue weighted by Crippen LogP contribution is -2.43. The summed E-state index contributed by atoms with van der Waals surface area (Å²) in [6.07, 6.45) is 1.31. The third-order valence-electron chi connectivity index (χ3n) is 3.39. The van der Waals surface area contributed by atoms with Crippen molar-refractivity contribution >= 4 is 11.7 Å². The van der Waals surface area contributed by atoms with Crippen LogP contribution in [0.15, 0.2) is 60.7 Å². The number of carbonyl (C=O) groups is 1. The lowest BCUT2D eigenvalue weighted by molar-refractivity contribution is -0.143. The van der Waals surface area contributed by atoms with E-state index < -0.39 is 11.5 Å². The van der Waals surface area contributed by atoms with Crippen molar-refractivity contribution in [3.05, 3.63) is 66.2 Å². The molecule has 1 unspecified atom stereocenters. The Morgan fingerprint density at radius 1 is 1.05 bits per heavy atom. The van der Waals surface area contributed by atoms with Crippen molar-refractivity contribution in [2.24, 2.45) is 0 Å². The first-order valence-electron chi connectivity index (χ1n) is 6.81. The van der Waals surface area contributed by atoms with E-state index in [-0.39, 0.29) is 0 Å². The van der Waals surface area contributed by atoms with Crippen LogP contribution in [0.5, 0.6) is 0 Å². The van der Waals surface area contributed by atoms with Gasteiger partial charge in [-0.25, -0.2) is 4.79 Å². The third-order valence-corrected chi connectivity index (χ3v) is 3.39. The number of hydrogen-bond donors (Lipinski definition) is 2. The van der Waals surface area contributed by atoms with Gasteiger partial charge in [0.05, 0.1) is 0 Å². The van der Waals surface area contributed by atoms with Gasteiger partial charge in [0.25, 0.3) is 0 Å². The lowest BCUT2D eigenvalue weighted by Gasteiger charge is -2.32. The van der Waals surface area contributed by atoms with Crippen LogP contribution in [0.4, 0.5) is 5.69 Å². The number of carboxylic acid groups (broad SMARTS) is 1. The molecule has 0 bridgehead atoms. The summed E-state index contributed by atoms with van der Waals surface area (Å²) >= 11 is 0. The quantitative estimate of drug-likeness (QED) is 0.836. The molecule has 2 aromatic rings. The Morgan fingerprint density at radius 2 is 1.60 bits per heavy atom. The minimum Gasteiger partial charge on any atom is -0.479 e. The second-order valence-corrected chi connectivity index (χ2v) is 4.82. The van der Waals surface area contributed by atoms with Crippen molar-refractivity contribution in [1.82, 2.24) is 0 Å².